The van der Waals surface area contributed by atoms with Crippen LogP contribution in [-0.4, -0.2) is 26.8 Å². The number of para-hydroxylation sites is 1. The van der Waals surface area contributed by atoms with E-state index < -0.39 is 0 Å². The normalized spacial score (nSPS) is 11.4. The van der Waals surface area contributed by atoms with Crippen LogP contribution in [0.3, 0.4) is 0 Å². The lowest BCUT2D eigenvalue weighted by molar-refractivity contribution is 0.270. The lowest BCUT2D eigenvalue weighted by Gasteiger charge is -2.07. The Bertz CT molecular complexity index is 1130. The van der Waals surface area contributed by atoms with Crippen molar-refractivity contribution >= 4 is 41.2 Å². The van der Waals surface area contributed by atoms with Crippen LogP contribution in [0.1, 0.15) is 18.4 Å². The summed E-state index contributed by atoms with van der Waals surface area (Å²) in [6.45, 7) is 2.21. The third-order valence-corrected chi connectivity index (χ3v) is 5.28. The van der Waals surface area contributed by atoms with Crippen molar-refractivity contribution in [3.8, 4) is 17.3 Å². The van der Waals surface area contributed by atoms with Crippen molar-refractivity contribution in [2.75, 3.05) is 5.75 Å². The molecule has 0 bridgehead atoms. The highest BCUT2D eigenvalue weighted by Crippen LogP contribution is 2.33. The second kappa shape index (κ2) is 9.42. The van der Waals surface area contributed by atoms with Crippen molar-refractivity contribution in [2.24, 2.45) is 5.10 Å². The largest absolute Gasteiger partial charge is 0.483 e. The van der Waals surface area contributed by atoms with Gasteiger partial charge in [0.05, 0.1) is 22.5 Å². The Morgan fingerprint density at radius 3 is 2.70 bits per heavy atom. The zero-order valence-corrected chi connectivity index (χ0v) is 18.1. The maximum Gasteiger partial charge on any atom is 0.221 e. The van der Waals surface area contributed by atoms with E-state index in [2.05, 4.69) is 15.3 Å². The summed E-state index contributed by atoms with van der Waals surface area (Å²) in [5.74, 6) is 3.49. The Labute approximate surface area is 186 Å². The van der Waals surface area contributed by atoms with Crippen LogP contribution in [0.2, 0.25) is 10.0 Å². The third kappa shape index (κ3) is 4.56. The van der Waals surface area contributed by atoms with Gasteiger partial charge in [-0.2, -0.15) is 9.78 Å². The minimum absolute atomic E-state index is 0.179. The number of rotatable bonds is 8. The first-order valence-electron chi connectivity index (χ1n) is 8.97. The average molecular weight is 463 g/mol. The van der Waals surface area contributed by atoms with Crippen molar-refractivity contribution in [3.63, 3.8) is 0 Å². The summed E-state index contributed by atoms with van der Waals surface area (Å²) in [6.07, 6.45) is 3.16. The Morgan fingerprint density at radius 2 is 1.97 bits per heavy atom. The zero-order chi connectivity index (χ0) is 20.9. The van der Waals surface area contributed by atoms with Crippen LogP contribution in [0.15, 0.2) is 67.8 Å². The Kier molecular flexibility index (Phi) is 6.47. The van der Waals surface area contributed by atoms with E-state index in [0.717, 1.165) is 5.75 Å². The van der Waals surface area contributed by atoms with Crippen LogP contribution >= 0.6 is 35.0 Å². The molecule has 3 heterocycles. The van der Waals surface area contributed by atoms with Gasteiger partial charge in [-0.3, -0.25) is 0 Å². The fourth-order valence-corrected chi connectivity index (χ4v) is 3.69. The summed E-state index contributed by atoms with van der Waals surface area (Å²) in [5, 5.41) is 14.4. The SMILES string of the molecule is CCSc1nnc(-c2ccco2)n1N=Cc1ccc(COc2c(Cl)cccc2Cl)o1. The van der Waals surface area contributed by atoms with Gasteiger partial charge in [0.25, 0.3) is 0 Å². The summed E-state index contributed by atoms with van der Waals surface area (Å²) in [4.78, 5) is 0. The van der Waals surface area contributed by atoms with Crippen molar-refractivity contribution in [2.45, 2.75) is 18.7 Å². The molecular weight excluding hydrogens is 447 g/mol. The summed E-state index contributed by atoms with van der Waals surface area (Å²) < 4.78 is 18.5. The lowest BCUT2D eigenvalue weighted by Crippen LogP contribution is -1.96. The highest BCUT2D eigenvalue weighted by Gasteiger charge is 2.15. The molecule has 0 aliphatic heterocycles. The molecule has 0 aliphatic carbocycles. The predicted molar refractivity (Wildman–Crippen MR) is 117 cm³/mol. The van der Waals surface area contributed by atoms with E-state index in [-0.39, 0.29) is 6.61 Å². The number of aromatic nitrogens is 3. The number of thioether (sulfide) groups is 1. The first-order chi connectivity index (χ1) is 14.7. The summed E-state index contributed by atoms with van der Waals surface area (Å²) in [6, 6.07) is 12.4. The standard InChI is InChI=1S/C20H16Cl2N4O3S/c1-2-30-20-25-24-19(17-7-4-10-27-17)26(20)23-11-13-8-9-14(29-13)12-28-18-15(21)5-3-6-16(18)22/h3-11H,2,12H2,1H3. The molecule has 0 fully saturated rings. The molecular formula is C20H16Cl2N4O3S. The quantitative estimate of drug-likeness (QED) is 0.235. The van der Waals surface area contributed by atoms with Crippen molar-refractivity contribution in [1.82, 2.24) is 14.9 Å². The van der Waals surface area contributed by atoms with Gasteiger partial charge in [-0.25, -0.2) is 0 Å². The molecule has 3 aromatic heterocycles. The number of furan rings is 2. The second-order valence-corrected chi connectivity index (χ2v) is 7.96. The molecule has 0 atom stereocenters. The molecule has 30 heavy (non-hydrogen) atoms. The van der Waals surface area contributed by atoms with Crippen LogP contribution in [0, 0.1) is 0 Å². The zero-order valence-electron chi connectivity index (χ0n) is 15.8. The summed E-state index contributed by atoms with van der Waals surface area (Å²) >= 11 is 13.8. The van der Waals surface area contributed by atoms with Gasteiger partial charge in [0.15, 0.2) is 11.5 Å². The summed E-state index contributed by atoms with van der Waals surface area (Å²) in [5.41, 5.74) is 0. The number of ether oxygens (including phenoxy) is 1. The van der Waals surface area contributed by atoms with E-state index in [4.69, 9.17) is 36.8 Å². The van der Waals surface area contributed by atoms with Gasteiger partial charge in [-0.05, 0) is 42.2 Å². The molecule has 0 amide bonds. The van der Waals surface area contributed by atoms with Gasteiger partial charge in [-0.1, -0.05) is 48.0 Å². The molecule has 0 unspecified atom stereocenters. The smallest absolute Gasteiger partial charge is 0.221 e. The van der Waals surface area contributed by atoms with Crippen LogP contribution in [0.5, 0.6) is 5.75 Å². The molecule has 0 radical (unpaired) electrons. The van der Waals surface area contributed by atoms with E-state index in [0.29, 0.717) is 44.1 Å². The molecule has 154 valence electrons. The van der Waals surface area contributed by atoms with Crippen molar-refractivity contribution in [1.29, 1.82) is 0 Å². The van der Waals surface area contributed by atoms with Gasteiger partial charge >= 0.3 is 0 Å². The fraction of sp³-hybridized carbons (Fsp3) is 0.150. The van der Waals surface area contributed by atoms with Crippen molar-refractivity contribution < 1.29 is 13.6 Å². The number of benzene rings is 1. The number of hydrogen-bond donors (Lipinski definition) is 0. The van der Waals surface area contributed by atoms with Crippen LogP contribution < -0.4 is 4.74 Å². The van der Waals surface area contributed by atoms with Crippen LogP contribution in [0.25, 0.3) is 11.6 Å². The Balaban J connectivity index is 1.51. The van der Waals surface area contributed by atoms with Gasteiger partial charge in [0, 0.05) is 0 Å². The predicted octanol–water partition coefficient (Wildman–Crippen LogP) is 6.01. The first-order valence-corrected chi connectivity index (χ1v) is 10.7. The summed E-state index contributed by atoms with van der Waals surface area (Å²) in [7, 11) is 0. The van der Waals surface area contributed by atoms with Crippen LogP contribution in [0.4, 0.5) is 0 Å². The molecule has 0 saturated carbocycles. The maximum atomic E-state index is 6.12. The van der Waals surface area contributed by atoms with Crippen LogP contribution in [-0.2, 0) is 6.61 Å². The minimum Gasteiger partial charge on any atom is -0.483 e. The molecule has 0 saturated heterocycles. The van der Waals surface area contributed by atoms with Gasteiger partial charge < -0.3 is 13.6 Å². The maximum absolute atomic E-state index is 6.12. The van der Waals surface area contributed by atoms with Gasteiger partial charge in [0.1, 0.15) is 18.1 Å². The van der Waals surface area contributed by atoms with E-state index in [1.54, 1.807) is 59.6 Å². The van der Waals surface area contributed by atoms with Crippen molar-refractivity contribution in [3.05, 3.63) is 70.3 Å². The molecule has 0 N–H and O–H groups in total. The fourth-order valence-electron chi connectivity index (χ4n) is 2.57. The topological polar surface area (TPSA) is 78.6 Å². The van der Waals surface area contributed by atoms with E-state index >= 15 is 0 Å². The van der Waals surface area contributed by atoms with E-state index in [9.17, 15) is 0 Å². The third-order valence-electron chi connectivity index (χ3n) is 3.89. The van der Waals surface area contributed by atoms with Gasteiger partial charge in [-0.15, -0.1) is 10.2 Å². The minimum atomic E-state index is 0.179. The number of nitrogens with zero attached hydrogens (tertiary/aromatic N) is 4. The molecule has 7 nitrogen and oxygen atoms in total. The second-order valence-electron chi connectivity index (χ2n) is 5.92. The Hall–Kier alpha value is -2.68. The molecule has 1 aromatic carbocycles. The molecule has 4 aromatic rings. The lowest BCUT2D eigenvalue weighted by atomic mass is 10.3. The molecule has 0 spiro atoms. The van der Waals surface area contributed by atoms with E-state index in [1.165, 1.54) is 11.8 Å². The molecule has 4 rings (SSSR count). The highest BCUT2D eigenvalue weighted by molar-refractivity contribution is 7.99. The number of hydrogen-bond acceptors (Lipinski definition) is 7. The van der Waals surface area contributed by atoms with Gasteiger partial charge in [0.2, 0.25) is 11.0 Å². The first kappa shape index (κ1) is 20.6. The Morgan fingerprint density at radius 1 is 1.13 bits per heavy atom. The highest BCUT2D eigenvalue weighted by atomic mass is 35.5. The monoisotopic (exact) mass is 462 g/mol. The van der Waals surface area contributed by atoms with E-state index in [1.807, 2.05) is 6.92 Å². The number of halogens is 2. The molecule has 10 heteroatoms. The molecule has 0 aliphatic rings. The average Bonchev–Trinajstić information content (AvgIpc) is 3.47.